The van der Waals surface area contributed by atoms with E-state index < -0.39 is 0 Å². The number of aromatic amines is 1. The van der Waals surface area contributed by atoms with E-state index in [4.69, 9.17) is 4.98 Å². The third kappa shape index (κ3) is 2.07. The molecule has 0 atom stereocenters. The molecule has 0 aliphatic rings. The van der Waals surface area contributed by atoms with Gasteiger partial charge in [0, 0.05) is 5.56 Å². The molecular formula is C19H16N3+. The SMILES string of the molecule is Cc1ccccc1-c1ccc2[nH]c[n+](-c3ccccc3)c2n1. The number of rotatable bonds is 2. The number of nitrogens with zero attached hydrogens (tertiary/aromatic N) is 2. The summed E-state index contributed by atoms with van der Waals surface area (Å²) in [5, 5.41) is 0. The normalized spacial score (nSPS) is 11.0. The molecule has 2 aromatic carbocycles. The lowest BCUT2D eigenvalue weighted by atomic mass is 10.1. The Balaban J connectivity index is 1.92. The molecule has 0 aliphatic carbocycles. The van der Waals surface area contributed by atoms with Crippen LogP contribution in [0, 0.1) is 6.92 Å². The molecule has 0 bridgehead atoms. The van der Waals surface area contributed by atoms with Gasteiger partial charge in [-0.2, -0.15) is 4.57 Å². The van der Waals surface area contributed by atoms with E-state index in [2.05, 4.69) is 65.0 Å². The molecule has 4 rings (SSSR count). The van der Waals surface area contributed by atoms with Gasteiger partial charge in [-0.05, 0) is 36.8 Å². The number of hydrogen-bond acceptors (Lipinski definition) is 1. The zero-order valence-electron chi connectivity index (χ0n) is 12.3. The number of fused-ring (bicyclic) bond motifs is 1. The molecule has 22 heavy (non-hydrogen) atoms. The van der Waals surface area contributed by atoms with E-state index in [0.29, 0.717) is 0 Å². The fraction of sp³-hybridized carbons (Fsp3) is 0.0526. The quantitative estimate of drug-likeness (QED) is 0.558. The van der Waals surface area contributed by atoms with Gasteiger partial charge in [0.25, 0.3) is 0 Å². The number of hydrogen-bond donors (Lipinski definition) is 1. The molecule has 0 fully saturated rings. The first-order valence-corrected chi connectivity index (χ1v) is 7.34. The number of pyridine rings is 1. The van der Waals surface area contributed by atoms with Crippen molar-refractivity contribution in [3.8, 4) is 16.9 Å². The molecule has 0 aliphatic heterocycles. The van der Waals surface area contributed by atoms with E-state index in [0.717, 1.165) is 22.5 Å². The first-order valence-electron chi connectivity index (χ1n) is 7.34. The summed E-state index contributed by atoms with van der Waals surface area (Å²) >= 11 is 0. The summed E-state index contributed by atoms with van der Waals surface area (Å²) in [6, 6.07) is 22.7. The Morgan fingerprint density at radius 3 is 2.45 bits per heavy atom. The maximum absolute atomic E-state index is 4.87. The van der Waals surface area contributed by atoms with Gasteiger partial charge in [0.2, 0.25) is 0 Å². The van der Waals surface area contributed by atoms with Crippen molar-refractivity contribution in [1.82, 2.24) is 9.97 Å². The largest absolute Gasteiger partial charge is 0.307 e. The lowest BCUT2D eigenvalue weighted by Gasteiger charge is -2.02. The van der Waals surface area contributed by atoms with Gasteiger partial charge in [0.15, 0.2) is 11.8 Å². The van der Waals surface area contributed by atoms with Crippen molar-refractivity contribution >= 4 is 11.2 Å². The molecule has 106 valence electrons. The maximum Gasteiger partial charge on any atom is 0.307 e. The highest BCUT2D eigenvalue weighted by molar-refractivity contribution is 5.74. The van der Waals surface area contributed by atoms with Crippen LogP contribution in [0.2, 0.25) is 0 Å². The van der Waals surface area contributed by atoms with E-state index in [1.54, 1.807) is 0 Å². The number of imidazole rings is 1. The Hall–Kier alpha value is -2.94. The predicted octanol–water partition coefficient (Wildman–Crippen LogP) is 3.82. The molecule has 2 aromatic heterocycles. The van der Waals surface area contributed by atoms with Gasteiger partial charge < -0.3 is 0 Å². The zero-order valence-corrected chi connectivity index (χ0v) is 12.3. The topological polar surface area (TPSA) is 32.6 Å². The van der Waals surface area contributed by atoms with E-state index in [9.17, 15) is 0 Å². The average molecular weight is 286 g/mol. The van der Waals surface area contributed by atoms with Crippen LogP contribution >= 0.6 is 0 Å². The average Bonchev–Trinajstić information content (AvgIpc) is 2.99. The van der Waals surface area contributed by atoms with Gasteiger partial charge in [-0.1, -0.05) is 47.4 Å². The van der Waals surface area contributed by atoms with Crippen LogP contribution in [0.4, 0.5) is 0 Å². The second-order valence-corrected chi connectivity index (χ2v) is 5.36. The summed E-state index contributed by atoms with van der Waals surface area (Å²) in [4.78, 5) is 8.15. The molecule has 0 spiro atoms. The number of aryl methyl sites for hydroxylation is 1. The Kier molecular flexibility index (Phi) is 2.97. The van der Waals surface area contributed by atoms with Crippen molar-refractivity contribution in [2.45, 2.75) is 6.92 Å². The number of para-hydroxylation sites is 1. The summed E-state index contributed by atoms with van der Waals surface area (Å²) in [6.45, 7) is 2.11. The van der Waals surface area contributed by atoms with Crippen molar-refractivity contribution < 1.29 is 4.57 Å². The fourth-order valence-electron chi connectivity index (χ4n) is 2.74. The van der Waals surface area contributed by atoms with Crippen molar-refractivity contribution in [2.75, 3.05) is 0 Å². The molecule has 0 radical (unpaired) electrons. The Labute approximate surface area is 128 Å². The molecule has 0 saturated carbocycles. The summed E-state index contributed by atoms with van der Waals surface area (Å²) in [5.74, 6) is 0. The highest BCUT2D eigenvalue weighted by Gasteiger charge is 2.15. The van der Waals surface area contributed by atoms with Crippen LogP contribution in [-0.2, 0) is 0 Å². The van der Waals surface area contributed by atoms with Crippen LogP contribution in [0.25, 0.3) is 28.1 Å². The standard InChI is InChI=1S/C19H15N3/c1-14-7-5-6-10-16(14)17-11-12-18-19(21-17)22(13-20-18)15-8-3-2-4-9-15/h2-13H,1H3/p+1. The molecule has 3 heteroatoms. The van der Waals surface area contributed by atoms with Crippen LogP contribution in [0.1, 0.15) is 5.56 Å². The first-order chi connectivity index (χ1) is 10.8. The highest BCUT2D eigenvalue weighted by Crippen LogP contribution is 2.22. The predicted molar refractivity (Wildman–Crippen MR) is 87.8 cm³/mol. The number of aromatic nitrogens is 3. The van der Waals surface area contributed by atoms with Gasteiger partial charge in [-0.25, -0.2) is 0 Å². The number of nitrogens with one attached hydrogen (secondary N) is 1. The highest BCUT2D eigenvalue weighted by atomic mass is 15.1. The molecule has 4 aromatic rings. The minimum atomic E-state index is 0.937. The van der Waals surface area contributed by atoms with Gasteiger partial charge in [0.05, 0.1) is 0 Å². The van der Waals surface area contributed by atoms with Gasteiger partial charge >= 0.3 is 5.65 Å². The Morgan fingerprint density at radius 2 is 1.64 bits per heavy atom. The second kappa shape index (κ2) is 5.11. The summed E-state index contributed by atoms with van der Waals surface area (Å²) in [6.07, 6.45) is 1.95. The van der Waals surface area contributed by atoms with Crippen LogP contribution in [0.15, 0.2) is 73.1 Å². The molecule has 3 nitrogen and oxygen atoms in total. The number of H-pyrrole nitrogens is 1. The maximum atomic E-state index is 4.87. The monoisotopic (exact) mass is 286 g/mol. The van der Waals surface area contributed by atoms with Crippen molar-refractivity contribution in [3.63, 3.8) is 0 Å². The van der Waals surface area contributed by atoms with E-state index >= 15 is 0 Å². The zero-order chi connectivity index (χ0) is 14.9. The number of benzene rings is 2. The first kappa shape index (κ1) is 12.8. The second-order valence-electron chi connectivity index (χ2n) is 5.36. The van der Waals surface area contributed by atoms with Gasteiger partial charge in [-0.3, -0.25) is 4.98 Å². The molecular weight excluding hydrogens is 270 g/mol. The van der Waals surface area contributed by atoms with E-state index in [1.807, 2.05) is 24.5 Å². The Bertz CT molecular complexity index is 939. The lowest BCUT2D eigenvalue weighted by Crippen LogP contribution is -2.29. The van der Waals surface area contributed by atoms with Crippen LogP contribution in [0.3, 0.4) is 0 Å². The summed E-state index contributed by atoms with van der Waals surface area (Å²) < 4.78 is 2.08. The third-order valence-corrected chi connectivity index (χ3v) is 3.91. The smallest absolute Gasteiger partial charge is 0.274 e. The summed E-state index contributed by atoms with van der Waals surface area (Å²) in [5.41, 5.74) is 6.47. The molecule has 2 heterocycles. The van der Waals surface area contributed by atoms with Crippen molar-refractivity contribution in [2.24, 2.45) is 0 Å². The minimum Gasteiger partial charge on any atom is -0.274 e. The van der Waals surface area contributed by atoms with Crippen LogP contribution in [-0.4, -0.2) is 9.97 Å². The third-order valence-electron chi connectivity index (χ3n) is 3.91. The lowest BCUT2D eigenvalue weighted by molar-refractivity contribution is -0.569. The van der Waals surface area contributed by atoms with E-state index in [1.165, 1.54) is 11.1 Å². The molecule has 0 amide bonds. The van der Waals surface area contributed by atoms with Gasteiger partial charge in [0.1, 0.15) is 11.4 Å². The minimum absolute atomic E-state index is 0.937. The van der Waals surface area contributed by atoms with Crippen molar-refractivity contribution in [3.05, 3.63) is 78.6 Å². The summed E-state index contributed by atoms with van der Waals surface area (Å²) in [7, 11) is 0. The van der Waals surface area contributed by atoms with Crippen LogP contribution in [0.5, 0.6) is 0 Å². The molecule has 1 N–H and O–H groups in total. The fourth-order valence-corrected chi connectivity index (χ4v) is 2.74. The van der Waals surface area contributed by atoms with Gasteiger partial charge in [-0.15, -0.1) is 0 Å². The molecule has 0 unspecified atom stereocenters. The van der Waals surface area contributed by atoms with Crippen molar-refractivity contribution in [1.29, 1.82) is 0 Å². The van der Waals surface area contributed by atoms with Crippen LogP contribution < -0.4 is 4.57 Å². The Morgan fingerprint density at radius 1 is 0.864 bits per heavy atom. The van der Waals surface area contributed by atoms with E-state index in [-0.39, 0.29) is 0 Å². The molecule has 0 saturated heterocycles.